The fourth-order valence-corrected chi connectivity index (χ4v) is 2.55. The van der Waals surface area contributed by atoms with Crippen LogP contribution in [-0.2, 0) is 4.79 Å². The van der Waals surface area contributed by atoms with Crippen LogP contribution < -0.4 is 4.90 Å². The fourth-order valence-electron chi connectivity index (χ4n) is 1.88. The largest absolute Gasteiger partial charge is 0.481 e. The fraction of sp³-hybridized carbons (Fsp3) is 0.133. The van der Waals surface area contributed by atoms with E-state index in [0.717, 1.165) is 0 Å². The molecule has 0 saturated heterocycles. The standard InChI is InChI=1S/C15H12N2O3S/c16-10-11-4-1-2-5-12(11)17(8-7-14(18)19)15(20)13-6-3-9-21-13/h1-6,9H,7-8H2,(H,18,19). The molecule has 2 aromatic rings. The van der Waals surface area contributed by atoms with Crippen molar-refractivity contribution in [1.29, 1.82) is 5.26 Å². The number of carboxylic acids is 1. The van der Waals surface area contributed by atoms with E-state index in [1.54, 1.807) is 41.8 Å². The van der Waals surface area contributed by atoms with Gasteiger partial charge in [0.05, 0.1) is 22.5 Å². The Morgan fingerprint density at radius 3 is 2.62 bits per heavy atom. The van der Waals surface area contributed by atoms with Crippen molar-refractivity contribution in [3.63, 3.8) is 0 Å². The van der Waals surface area contributed by atoms with Gasteiger partial charge >= 0.3 is 5.97 Å². The number of nitrogens with zero attached hydrogens (tertiary/aromatic N) is 2. The number of hydrogen-bond acceptors (Lipinski definition) is 4. The summed E-state index contributed by atoms with van der Waals surface area (Å²) in [6, 6.07) is 12.1. The van der Waals surface area contributed by atoms with E-state index in [2.05, 4.69) is 0 Å². The van der Waals surface area contributed by atoms with Gasteiger partial charge in [-0.1, -0.05) is 18.2 Å². The Kier molecular flexibility index (Phi) is 4.69. The van der Waals surface area contributed by atoms with Crippen LogP contribution in [0.25, 0.3) is 0 Å². The first-order valence-corrected chi connectivity index (χ1v) is 7.07. The minimum atomic E-state index is -0.992. The number of anilines is 1. The number of thiophene rings is 1. The molecule has 5 nitrogen and oxygen atoms in total. The molecule has 106 valence electrons. The Bertz CT molecular complexity index is 689. The lowest BCUT2D eigenvalue weighted by molar-refractivity contribution is -0.136. The van der Waals surface area contributed by atoms with Gasteiger partial charge in [-0.15, -0.1) is 11.3 Å². The van der Waals surface area contributed by atoms with Gasteiger partial charge in [0.25, 0.3) is 5.91 Å². The van der Waals surface area contributed by atoms with Gasteiger partial charge in [0, 0.05) is 6.54 Å². The number of hydrogen-bond donors (Lipinski definition) is 1. The molecule has 1 aromatic carbocycles. The summed E-state index contributed by atoms with van der Waals surface area (Å²) >= 11 is 1.28. The summed E-state index contributed by atoms with van der Waals surface area (Å²) in [6.07, 6.45) is -0.184. The molecule has 0 radical (unpaired) electrons. The zero-order valence-corrected chi connectivity index (χ0v) is 11.8. The number of carbonyl (C=O) groups excluding carboxylic acids is 1. The molecule has 0 aliphatic heterocycles. The van der Waals surface area contributed by atoms with E-state index < -0.39 is 5.97 Å². The number of carboxylic acid groups (broad SMARTS) is 1. The molecular weight excluding hydrogens is 288 g/mol. The van der Waals surface area contributed by atoms with Gasteiger partial charge in [0.15, 0.2) is 0 Å². The Labute approximate surface area is 125 Å². The van der Waals surface area contributed by atoms with Crippen molar-refractivity contribution < 1.29 is 14.7 Å². The lowest BCUT2D eigenvalue weighted by atomic mass is 10.1. The van der Waals surface area contributed by atoms with Crippen molar-refractivity contribution in [3.8, 4) is 6.07 Å². The smallest absolute Gasteiger partial charge is 0.305 e. The van der Waals surface area contributed by atoms with Crippen LogP contribution in [0.1, 0.15) is 21.7 Å². The Balaban J connectivity index is 2.38. The van der Waals surface area contributed by atoms with E-state index in [9.17, 15) is 9.59 Å². The quantitative estimate of drug-likeness (QED) is 0.920. The van der Waals surface area contributed by atoms with Crippen LogP contribution >= 0.6 is 11.3 Å². The van der Waals surface area contributed by atoms with Crippen molar-refractivity contribution in [2.24, 2.45) is 0 Å². The summed E-state index contributed by atoms with van der Waals surface area (Å²) in [5.41, 5.74) is 0.771. The highest BCUT2D eigenvalue weighted by molar-refractivity contribution is 7.12. The van der Waals surface area contributed by atoms with Crippen LogP contribution in [0, 0.1) is 11.3 Å². The highest BCUT2D eigenvalue weighted by Crippen LogP contribution is 2.23. The van der Waals surface area contributed by atoms with Gasteiger partial charge < -0.3 is 10.0 Å². The van der Waals surface area contributed by atoms with Crippen LogP contribution in [0.3, 0.4) is 0 Å². The number of rotatable bonds is 5. The molecule has 0 aliphatic carbocycles. The Hall–Kier alpha value is -2.65. The highest BCUT2D eigenvalue weighted by atomic mass is 32.1. The zero-order valence-electron chi connectivity index (χ0n) is 11.0. The van der Waals surface area contributed by atoms with Crippen molar-refractivity contribution >= 4 is 28.9 Å². The van der Waals surface area contributed by atoms with Crippen LogP contribution in [0.4, 0.5) is 5.69 Å². The molecule has 2 rings (SSSR count). The monoisotopic (exact) mass is 300 g/mol. The molecule has 1 N–H and O–H groups in total. The third-order valence-corrected chi connectivity index (χ3v) is 3.70. The topological polar surface area (TPSA) is 81.4 Å². The molecule has 0 unspecified atom stereocenters. The first-order valence-electron chi connectivity index (χ1n) is 6.19. The normalized spacial score (nSPS) is 9.86. The van der Waals surface area contributed by atoms with Crippen LogP contribution in [-0.4, -0.2) is 23.5 Å². The second kappa shape index (κ2) is 6.68. The van der Waals surface area contributed by atoms with Crippen molar-refractivity contribution in [2.45, 2.75) is 6.42 Å². The first-order chi connectivity index (χ1) is 10.1. The molecule has 1 amide bonds. The van der Waals surface area contributed by atoms with E-state index >= 15 is 0 Å². The number of carbonyl (C=O) groups is 2. The molecular formula is C15H12N2O3S. The van der Waals surface area contributed by atoms with Gasteiger partial charge in [-0.2, -0.15) is 5.26 Å². The van der Waals surface area contributed by atoms with Crippen molar-refractivity contribution in [3.05, 3.63) is 52.2 Å². The second-order valence-corrected chi connectivity index (χ2v) is 5.15. The Morgan fingerprint density at radius 1 is 1.24 bits per heavy atom. The van der Waals surface area contributed by atoms with Gasteiger partial charge in [0.2, 0.25) is 0 Å². The minimum Gasteiger partial charge on any atom is -0.481 e. The van der Waals surface area contributed by atoms with E-state index in [1.165, 1.54) is 16.2 Å². The van der Waals surface area contributed by atoms with Crippen LogP contribution in [0.2, 0.25) is 0 Å². The lowest BCUT2D eigenvalue weighted by Crippen LogP contribution is -2.33. The minimum absolute atomic E-state index is 0.0186. The highest BCUT2D eigenvalue weighted by Gasteiger charge is 2.21. The number of para-hydroxylation sites is 1. The second-order valence-electron chi connectivity index (χ2n) is 4.21. The molecule has 0 saturated carbocycles. The maximum atomic E-state index is 12.5. The van der Waals surface area contributed by atoms with Crippen LogP contribution in [0.5, 0.6) is 0 Å². The molecule has 0 spiro atoms. The molecule has 0 aliphatic rings. The maximum absolute atomic E-state index is 12.5. The number of nitriles is 1. The number of benzene rings is 1. The van der Waals surface area contributed by atoms with E-state index in [4.69, 9.17) is 10.4 Å². The molecule has 6 heteroatoms. The van der Waals surface area contributed by atoms with Gasteiger partial charge in [-0.05, 0) is 23.6 Å². The summed E-state index contributed by atoms with van der Waals surface area (Å²) in [7, 11) is 0. The summed E-state index contributed by atoms with van der Waals surface area (Å²) in [4.78, 5) is 25.2. The summed E-state index contributed by atoms with van der Waals surface area (Å²) in [6.45, 7) is 0.0186. The predicted octanol–water partition coefficient (Wildman–Crippen LogP) is 2.74. The molecule has 0 bridgehead atoms. The summed E-state index contributed by atoms with van der Waals surface area (Å²) in [5, 5.41) is 19.8. The Morgan fingerprint density at radius 2 is 2.00 bits per heavy atom. The van der Waals surface area contributed by atoms with Crippen molar-refractivity contribution in [2.75, 3.05) is 11.4 Å². The SMILES string of the molecule is N#Cc1ccccc1N(CCC(=O)O)C(=O)c1cccs1. The van der Waals surface area contributed by atoms with Gasteiger partial charge in [-0.25, -0.2) is 0 Å². The molecule has 1 heterocycles. The summed E-state index contributed by atoms with van der Waals surface area (Å²) in [5.74, 6) is -1.29. The molecule has 21 heavy (non-hydrogen) atoms. The lowest BCUT2D eigenvalue weighted by Gasteiger charge is -2.22. The third kappa shape index (κ3) is 3.46. The zero-order chi connectivity index (χ0) is 15.2. The predicted molar refractivity (Wildman–Crippen MR) is 79.4 cm³/mol. The van der Waals surface area contributed by atoms with E-state index in [1.807, 2.05) is 6.07 Å². The average Bonchev–Trinajstić information content (AvgIpc) is 3.01. The molecule has 0 fully saturated rings. The molecule has 1 aromatic heterocycles. The van der Waals surface area contributed by atoms with E-state index in [-0.39, 0.29) is 18.9 Å². The molecule has 0 atom stereocenters. The third-order valence-electron chi connectivity index (χ3n) is 2.84. The maximum Gasteiger partial charge on any atom is 0.305 e. The van der Waals surface area contributed by atoms with Gasteiger partial charge in [0.1, 0.15) is 6.07 Å². The van der Waals surface area contributed by atoms with Crippen LogP contribution in [0.15, 0.2) is 41.8 Å². The average molecular weight is 300 g/mol. The van der Waals surface area contributed by atoms with Crippen molar-refractivity contribution in [1.82, 2.24) is 0 Å². The first kappa shape index (κ1) is 14.8. The number of amides is 1. The van der Waals surface area contributed by atoms with Gasteiger partial charge in [-0.3, -0.25) is 9.59 Å². The van der Waals surface area contributed by atoms with E-state index in [0.29, 0.717) is 16.1 Å². The summed E-state index contributed by atoms with van der Waals surface area (Å²) < 4.78 is 0. The number of aliphatic carboxylic acids is 1.